The number of aliphatic carboxylic acids is 1. The number of hydrogen-bond acceptors (Lipinski definition) is 3. The highest BCUT2D eigenvalue weighted by Crippen LogP contribution is 2.32. The Bertz CT molecular complexity index is 465. The Labute approximate surface area is 115 Å². The van der Waals surface area contributed by atoms with Gasteiger partial charge in [-0.25, -0.2) is 4.79 Å². The molecular weight excluding hydrogens is 331 g/mol. The minimum absolute atomic E-state index is 0.0788. The number of rotatable bonds is 5. The number of anilines is 1. The number of carboxylic acid groups (broad SMARTS) is 1. The second-order valence-corrected chi connectivity index (χ2v) is 4.49. The summed E-state index contributed by atoms with van der Waals surface area (Å²) >= 11 is 2.94. The number of carbonyl (C=O) groups is 1. The lowest BCUT2D eigenvalue weighted by Gasteiger charge is -2.15. The topological polar surface area (TPSA) is 58.6 Å². The summed E-state index contributed by atoms with van der Waals surface area (Å²) in [6.45, 7) is 1.68. The first-order valence-corrected chi connectivity index (χ1v) is 6.07. The summed E-state index contributed by atoms with van der Waals surface area (Å²) in [5.74, 6) is -1.42. The summed E-state index contributed by atoms with van der Waals surface area (Å²) in [5, 5.41) is 11.6. The number of carboxylic acids is 1. The highest BCUT2D eigenvalue weighted by molar-refractivity contribution is 9.10. The van der Waals surface area contributed by atoms with E-state index in [1.165, 1.54) is 12.1 Å². The molecule has 106 valence electrons. The Morgan fingerprint density at radius 1 is 1.53 bits per heavy atom. The summed E-state index contributed by atoms with van der Waals surface area (Å²) in [4.78, 5) is 10.8. The van der Waals surface area contributed by atoms with Gasteiger partial charge in [0.1, 0.15) is 11.8 Å². The van der Waals surface area contributed by atoms with E-state index in [2.05, 4.69) is 26.0 Å². The molecule has 0 fully saturated rings. The van der Waals surface area contributed by atoms with Crippen LogP contribution in [0.15, 0.2) is 22.7 Å². The van der Waals surface area contributed by atoms with Gasteiger partial charge in [0.25, 0.3) is 0 Å². The van der Waals surface area contributed by atoms with Crippen molar-refractivity contribution in [3.8, 4) is 5.75 Å². The summed E-state index contributed by atoms with van der Waals surface area (Å²) in [7, 11) is 0. The van der Waals surface area contributed by atoms with Crippen molar-refractivity contribution in [3.05, 3.63) is 22.7 Å². The van der Waals surface area contributed by atoms with Crippen LogP contribution >= 0.6 is 15.9 Å². The SMILES string of the molecule is CCC(Nc1ccc(OC(F)(F)F)c(Br)c1)C(=O)O. The van der Waals surface area contributed by atoms with Crippen molar-refractivity contribution in [1.82, 2.24) is 0 Å². The van der Waals surface area contributed by atoms with Gasteiger partial charge in [0.05, 0.1) is 4.47 Å². The number of nitrogens with one attached hydrogen (secondary N) is 1. The molecule has 1 atom stereocenters. The van der Waals surface area contributed by atoms with Crippen LogP contribution in [0.1, 0.15) is 13.3 Å². The van der Waals surface area contributed by atoms with Crippen LogP contribution in [0.2, 0.25) is 0 Å². The molecular formula is C11H11BrF3NO3. The average molecular weight is 342 g/mol. The van der Waals surface area contributed by atoms with E-state index < -0.39 is 18.4 Å². The molecule has 0 amide bonds. The first kappa shape index (κ1) is 15.6. The van der Waals surface area contributed by atoms with Gasteiger partial charge in [-0.05, 0) is 40.5 Å². The molecule has 1 unspecified atom stereocenters. The van der Waals surface area contributed by atoms with Gasteiger partial charge in [0.2, 0.25) is 0 Å². The van der Waals surface area contributed by atoms with Crippen LogP contribution in [0.25, 0.3) is 0 Å². The molecule has 19 heavy (non-hydrogen) atoms. The van der Waals surface area contributed by atoms with Gasteiger partial charge < -0.3 is 15.2 Å². The summed E-state index contributed by atoms with van der Waals surface area (Å²) < 4.78 is 40.0. The normalized spacial score (nSPS) is 12.9. The molecule has 0 bridgehead atoms. The Morgan fingerprint density at radius 3 is 2.58 bits per heavy atom. The van der Waals surface area contributed by atoms with Crippen LogP contribution in [0, 0.1) is 0 Å². The third-order valence-electron chi connectivity index (χ3n) is 2.20. The lowest BCUT2D eigenvalue weighted by atomic mass is 10.2. The monoisotopic (exact) mass is 341 g/mol. The van der Waals surface area contributed by atoms with Crippen molar-refractivity contribution < 1.29 is 27.8 Å². The molecule has 0 heterocycles. The van der Waals surface area contributed by atoms with Gasteiger partial charge >= 0.3 is 12.3 Å². The number of hydrogen-bond donors (Lipinski definition) is 2. The third-order valence-corrected chi connectivity index (χ3v) is 2.82. The van der Waals surface area contributed by atoms with Crippen molar-refractivity contribution in [2.45, 2.75) is 25.7 Å². The van der Waals surface area contributed by atoms with E-state index in [-0.39, 0.29) is 10.2 Å². The van der Waals surface area contributed by atoms with E-state index >= 15 is 0 Å². The van der Waals surface area contributed by atoms with Crippen molar-refractivity contribution >= 4 is 27.6 Å². The van der Waals surface area contributed by atoms with Gasteiger partial charge in [0, 0.05) is 5.69 Å². The molecule has 0 aromatic heterocycles. The van der Waals surface area contributed by atoms with Gasteiger partial charge in [0.15, 0.2) is 0 Å². The summed E-state index contributed by atoms with van der Waals surface area (Å²) in [5.41, 5.74) is 0.385. The first-order chi connectivity index (χ1) is 8.73. The molecule has 1 rings (SSSR count). The lowest BCUT2D eigenvalue weighted by molar-refractivity contribution is -0.274. The number of halogens is 4. The highest BCUT2D eigenvalue weighted by atomic mass is 79.9. The predicted octanol–water partition coefficient (Wildman–Crippen LogP) is 3.62. The first-order valence-electron chi connectivity index (χ1n) is 5.27. The summed E-state index contributed by atoms with van der Waals surface area (Å²) in [6, 6.07) is 2.94. The molecule has 4 nitrogen and oxygen atoms in total. The molecule has 8 heteroatoms. The number of ether oxygens (including phenoxy) is 1. The predicted molar refractivity (Wildman–Crippen MR) is 66.2 cm³/mol. The maximum atomic E-state index is 12.1. The molecule has 1 aromatic carbocycles. The van der Waals surface area contributed by atoms with E-state index in [0.717, 1.165) is 6.07 Å². The van der Waals surface area contributed by atoms with Crippen LogP contribution in [-0.4, -0.2) is 23.5 Å². The van der Waals surface area contributed by atoms with Crippen molar-refractivity contribution in [2.75, 3.05) is 5.32 Å². The third kappa shape index (κ3) is 4.98. The van der Waals surface area contributed by atoms with Crippen LogP contribution in [0.5, 0.6) is 5.75 Å². The zero-order chi connectivity index (χ0) is 14.6. The van der Waals surface area contributed by atoms with Gasteiger partial charge in [-0.2, -0.15) is 0 Å². The fraction of sp³-hybridized carbons (Fsp3) is 0.364. The molecule has 0 radical (unpaired) electrons. The fourth-order valence-corrected chi connectivity index (χ4v) is 1.80. The Balaban J connectivity index is 2.85. The minimum atomic E-state index is -4.77. The second-order valence-electron chi connectivity index (χ2n) is 3.64. The van der Waals surface area contributed by atoms with Crippen molar-refractivity contribution in [1.29, 1.82) is 0 Å². The standard InChI is InChI=1S/C11H11BrF3NO3/c1-2-8(10(17)18)16-6-3-4-9(7(12)5-6)19-11(13,14)15/h3-5,8,16H,2H2,1H3,(H,17,18). The Hall–Kier alpha value is -1.44. The Morgan fingerprint density at radius 2 is 2.16 bits per heavy atom. The minimum Gasteiger partial charge on any atom is -0.480 e. The molecule has 0 aliphatic carbocycles. The maximum absolute atomic E-state index is 12.1. The van der Waals surface area contributed by atoms with E-state index in [9.17, 15) is 18.0 Å². The smallest absolute Gasteiger partial charge is 0.480 e. The van der Waals surface area contributed by atoms with Crippen LogP contribution < -0.4 is 10.1 Å². The number of alkyl halides is 3. The van der Waals surface area contributed by atoms with Crippen LogP contribution in [0.3, 0.4) is 0 Å². The van der Waals surface area contributed by atoms with E-state index in [1.54, 1.807) is 6.92 Å². The molecule has 0 aliphatic rings. The van der Waals surface area contributed by atoms with E-state index in [0.29, 0.717) is 12.1 Å². The molecule has 0 saturated heterocycles. The van der Waals surface area contributed by atoms with Gasteiger partial charge in [-0.1, -0.05) is 6.92 Å². The molecule has 0 aliphatic heterocycles. The zero-order valence-corrected chi connectivity index (χ0v) is 11.4. The second kappa shape index (κ2) is 6.14. The molecule has 0 saturated carbocycles. The highest BCUT2D eigenvalue weighted by Gasteiger charge is 2.32. The maximum Gasteiger partial charge on any atom is 0.573 e. The zero-order valence-electron chi connectivity index (χ0n) is 9.79. The summed E-state index contributed by atoms with van der Waals surface area (Å²) in [6.07, 6.45) is -4.43. The van der Waals surface area contributed by atoms with Gasteiger partial charge in [-0.3, -0.25) is 0 Å². The largest absolute Gasteiger partial charge is 0.573 e. The molecule has 0 spiro atoms. The van der Waals surface area contributed by atoms with Crippen LogP contribution in [-0.2, 0) is 4.79 Å². The fourth-order valence-electron chi connectivity index (χ4n) is 1.34. The van der Waals surface area contributed by atoms with Crippen molar-refractivity contribution in [2.24, 2.45) is 0 Å². The molecule has 1 aromatic rings. The lowest BCUT2D eigenvalue weighted by Crippen LogP contribution is -2.28. The van der Waals surface area contributed by atoms with E-state index in [4.69, 9.17) is 5.11 Å². The van der Waals surface area contributed by atoms with Crippen LogP contribution in [0.4, 0.5) is 18.9 Å². The Kier molecular flexibility index (Phi) is 5.04. The molecule has 2 N–H and O–H groups in total. The van der Waals surface area contributed by atoms with Gasteiger partial charge in [-0.15, -0.1) is 13.2 Å². The quantitative estimate of drug-likeness (QED) is 0.858. The number of benzene rings is 1. The average Bonchev–Trinajstić information content (AvgIpc) is 2.27. The van der Waals surface area contributed by atoms with Crippen molar-refractivity contribution in [3.63, 3.8) is 0 Å². The van der Waals surface area contributed by atoms with E-state index in [1.807, 2.05) is 0 Å².